The highest BCUT2D eigenvalue weighted by Gasteiger charge is 2.56. The van der Waals surface area contributed by atoms with Crippen LogP contribution < -0.4 is 10.1 Å². The van der Waals surface area contributed by atoms with E-state index >= 15 is 0 Å². The van der Waals surface area contributed by atoms with Crippen molar-refractivity contribution < 1.29 is 29.3 Å². The molecule has 0 bridgehead atoms. The fourth-order valence-corrected chi connectivity index (χ4v) is 4.28. The van der Waals surface area contributed by atoms with Gasteiger partial charge in [-0.1, -0.05) is 30.3 Å². The number of hydrogen-bond acceptors (Lipinski definition) is 7. The minimum absolute atomic E-state index is 0.0184. The topological polar surface area (TPSA) is 113 Å². The number of ketones is 3. The Balaban J connectivity index is 1.85. The number of rotatable bonds is 4. The Morgan fingerprint density at radius 1 is 1.09 bits per heavy atom. The lowest BCUT2D eigenvalue weighted by Gasteiger charge is -2.29. The van der Waals surface area contributed by atoms with Crippen LogP contribution in [-0.4, -0.2) is 27.6 Å². The number of hydrogen-bond donors (Lipinski definition) is 3. The third-order valence-corrected chi connectivity index (χ3v) is 6.16. The maximum absolute atomic E-state index is 13.7. The molecule has 1 aliphatic heterocycles. The molecular formula is C25H23NO6. The van der Waals surface area contributed by atoms with Gasteiger partial charge in [0.15, 0.2) is 17.3 Å². The lowest BCUT2D eigenvalue weighted by Crippen LogP contribution is -2.41. The largest absolute Gasteiger partial charge is 0.507 e. The van der Waals surface area contributed by atoms with Crippen molar-refractivity contribution in [1.29, 1.82) is 0 Å². The van der Waals surface area contributed by atoms with Crippen LogP contribution in [0.5, 0.6) is 17.2 Å². The molecule has 3 N–H and O–H groups in total. The van der Waals surface area contributed by atoms with Gasteiger partial charge in [0, 0.05) is 23.9 Å². The summed E-state index contributed by atoms with van der Waals surface area (Å²) in [6.45, 7) is 6.32. The molecule has 4 rings (SSSR count). The molecule has 0 unspecified atom stereocenters. The maximum atomic E-state index is 13.7. The standard InChI is InChI=1S/C25H23NO6/c1-12-21(29)19(14(3)27)23-20(22(12)30)25(4)17(32-23)10-16(28)18(24(25)31)13(2)26-11-15-8-6-5-7-9-15/h5-10,26,29-30H,11H2,1-4H3/b18-13+/t25-/m1/s1. The van der Waals surface area contributed by atoms with Crippen molar-refractivity contribution in [2.24, 2.45) is 0 Å². The van der Waals surface area contributed by atoms with Crippen LogP contribution in [-0.2, 0) is 21.5 Å². The number of allylic oxidation sites excluding steroid dienone is 4. The van der Waals surface area contributed by atoms with Crippen molar-refractivity contribution in [3.8, 4) is 17.2 Å². The molecule has 0 radical (unpaired) electrons. The van der Waals surface area contributed by atoms with E-state index in [0.717, 1.165) is 5.56 Å². The number of nitrogens with one attached hydrogen (secondary N) is 1. The van der Waals surface area contributed by atoms with Gasteiger partial charge in [-0.3, -0.25) is 14.4 Å². The molecule has 2 aliphatic rings. The number of phenolic OH excluding ortho intramolecular Hbond substituents is 2. The molecule has 1 heterocycles. The third kappa shape index (κ3) is 2.92. The molecule has 0 fully saturated rings. The molecule has 0 saturated heterocycles. The number of ether oxygens (including phenoxy) is 1. The first kappa shape index (κ1) is 21.4. The molecule has 1 atom stereocenters. The van der Waals surface area contributed by atoms with Crippen LogP contribution in [0.2, 0.25) is 0 Å². The van der Waals surface area contributed by atoms with E-state index in [1.54, 1.807) is 13.8 Å². The van der Waals surface area contributed by atoms with E-state index in [2.05, 4.69) is 5.32 Å². The Bertz CT molecular complexity index is 1260. The predicted molar refractivity (Wildman–Crippen MR) is 117 cm³/mol. The monoisotopic (exact) mass is 433 g/mol. The van der Waals surface area contributed by atoms with Crippen LogP contribution in [0.1, 0.15) is 47.8 Å². The summed E-state index contributed by atoms with van der Waals surface area (Å²) >= 11 is 0. The van der Waals surface area contributed by atoms with Gasteiger partial charge in [-0.05, 0) is 33.3 Å². The fourth-order valence-electron chi connectivity index (χ4n) is 4.28. The summed E-state index contributed by atoms with van der Waals surface area (Å²) in [6.07, 6.45) is 1.21. The van der Waals surface area contributed by atoms with Crippen molar-refractivity contribution in [2.45, 2.75) is 39.7 Å². The van der Waals surface area contributed by atoms with Crippen LogP contribution in [0, 0.1) is 6.92 Å². The maximum Gasteiger partial charge on any atom is 0.194 e. The Hall–Kier alpha value is -3.87. The SMILES string of the molecule is CC(=O)c1c(O)c(C)c(O)c2c1OC1=CC(=O)/C(=C(/C)NCc3ccccc3)C(=O)[C@]12C. The molecule has 1 aliphatic carbocycles. The predicted octanol–water partition coefficient (Wildman–Crippen LogP) is 3.36. The van der Waals surface area contributed by atoms with E-state index in [0.29, 0.717) is 12.2 Å². The van der Waals surface area contributed by atoms with Gasteiger partial charge in [-0.25, -0.2) is 0 Å². The second-order valence-electron chi connectivity index (χ2n) is 8.23. The van der Waals surface area contributed by atoms with E-state index in [4.69, 9.17) is 4.74 Å². The number of benzene rings is 2. The fraction of sp³-hybridized carbons (Fsp3) is 0.240. The first-order chi connectivity index (χ1) is 15.1. The summed E-state index contributed by atoms with van der Waals surface area (Å²) in [6, 6.07) is 9.53. The van der Waals surface area contributed by atoms with Crippen molar-refractivity contribution in [3.05, 3.63) is 75.7 Å². The van der Waals surface area contributed by atoms with Crippen LogP contribution in [0.4, 0.5) is 0 Å². The van der Waals surface area contributed by atoms with E-state index < -0.39 is 28.5 Å². The molecule has 0 amide bonds. The summed E-state index contributed by atoms with van der Waals surface area (Å²) in [7, 11) is 0. The van der Waals surface area contributed by atoms with Gasteiger partial charge in [0.25, 0.3) is 0 Å². The zero-order chi connectivity index (χ0) is 23.4. The number of aromatic hydroxyl groups is 2. The zero-order valence-electron chi connectivity index (χ0n) is 18.2. The molecular weight excluding hydrogens is 410 g/mol. The Morgan fingerprint density at radius 2 is 1.75 bits per heavy atom. The lowest BCUT2D eigenvalue weighted by molar-refractivity contribution is -0.123. The molecule has 7 heteroatoms. The van der Waals surface area contributed by atoms with Crippen molar-refractivity contribution in [3.63, 3.8) is 0 Å². The molecule has 0 spiro atoms. The van der Waals surface area contributed by atoms with Gasteiger partial charge in [0.2, 0.25) is 0 Å². The van der Waals surface area contributed by atoms with E-state index in [1.165, 1.54) is 19.9 Å². The molecule has 0 aromatic heterocycles. The first-order valence-electron chi connectivity index (χ1n) is 10.2. The van der Waals surface area contributed by atoms with Crippen molar-refractivity contribution in [1.82, 2.24) is 5.32 Å². The number of carbonyl (C=O) groups is 3. The van der Waals surface area contributed by atoms with Crippen LogP contribution in [0.15, 0.2) is 53.4 Å². The van der Waals surface area contributed by atoms with Crippen LogP contribution in [0.25, 0.3) is 0 Å². The quantitative estimate of drug-likeness (QED) is 0.385. The summed E-state index contributed by atoms with van der Waals surface area (Å²) < 4.78 is 5.76. The Labute approximate surface area is 185 Å². The van der Waals surface area contributed by atoms with E-state index in [9.17, 15) is 24.6 Å². The lowest BCUT2D eigenvalue weighted by atomic mass is 9.70. The highest BCUT2D eigenvalue weighted by atomic mass is 16.5. The Kier molecular flexibility index (Phi) is 4.92. The summed E-state index contributed by atoms with van der Waals surface area (Å²) in [5.41, 5.74) is -0.161. The number of Topliss-reactive ketones (excluding diaryl/α,β-unsaturated/α-hetero) is 2. The summed E-state index contributed by atoms with van der Waals surface area (Å²) in [4.78, 5) is 38.8. The highest BCUT2D eigenvalue weighted by molar-refractivity contribution is 6.31. The summed E-state index contributed by atoms with van der Waals surface area (Å²) in [5, 5.41) is 24.4. The molecule has 2 aromatic carbocycles. The zero-order valence-corrected chi connectivity index (χ0v) is 18.2. The summed E-state index contributed by atoms with van der Waals surface area (Å²) in [5.74, 6) is -2.39. The average molecular weight is 433 g/mol. The minimum Gasteiger partial charge on any atom is -0.507 e. The molecule has 32 heavy (non-hydrogen) atoms. The highest BCUT2D eigenvalue weighted by Crippen LogP contribution is 2.57. The van der Waals surface area contributed by atoms with E-state index in [-0.39, 0.29) is 39.5 Å². The molecule has 164 valence electrons. The molecule has 2 aromatic rings. The van der Waals surface area contributed by atoms with Gasteiger partial charge in [0.1, 0.15) is 34.0 Å². The van der Waals surface area contributed by atoms with Gasteiger partial charge >= 0.3 is 0 Å². The molecule has 0 saturated carbocycles. The Morgan fingerprint density at radius 3 is 2.38 bits per heavy atom. The van der Waals surface area contributed by atoms with Gasteiger partial charge in [-0.2, -0.15) is 0 Å². The number of carbonyl (C=O) groups excluding carboxylic acids is 3. The second kappa shape index (κ2) is 7.37. The average Bonchev–Trinajstić information content (AvgIpc) is 3.04. The van der Waals surface area contributed by atoms with Crippen LogP contribution >= 0.6 is 0 Å². The van der Waals surface area contributed by atoms with Gasteiger partial charge in [-0.15, -0.1) is 0 Å². The van der Waals surface area contributed by atoms with Crippen molar-refractivity contribution >= 4 is 17.3 Å². The molecule has 7 nitrogen and oxygen atoms in total. The number of fused-ring (bicyclic) bond motifs is 3. The third-order valence-electron chi connectivity index (χ3n) is 6.16. The number of phenols is 2. The van der Waals surface area contributed by atoms with Crippen LogP contribution in [0.3, 0.4) is 0 Å². The van der Waals surface area contributed by atoms with Crippen molar-refractivity contribution in [2.75, 3.05) is 0 Å². The first-order valence-corrected chi connectivity index (χ1v) is 10.2. The van der Waals surface area contributed by atoms with Gasteiger partial charge in [0.05, 0.1) is 11.1 Å². The normalized spacial score (nSPS) is 20.8. The minimum atomic E-state index is -1.51. The van der Waals surface area contributed by atoms with Gasteiger partial charge < -0.3 is 20.3 Å². The van der Waals surface area contributed by atoms with E-state index in [1.807, 2.05) is 30.3 Å². The second-order valence-corrected chi connectivity index (χ2v) is 8.23. The smallest absolute Gasteiger partial charge is 0.194 e.